The number of aryl methyl sites for hydroxylation is 1. The molecule has 0 saturated carbocycles. The van der Waals surface area contributed by atoms with Crippen LogP contribution in [0, 0.1) is 0 Å². The molecule has 1 atom stereocenters. The fraction of sp³-hybridized carbons (Fsp3) is 0.250. The first-order valence-corrected chi connectivity index (χ1v) is 5.94. The van der Waals surface area contributed by atoms with Crippen molar-refractivity contribution in [1.29, 1.82) is 0 Å². The Kier molecular flexibility index (Phi) is 3.41. The second kappa shape index (κ2) is 4.80. The van der Waals surface area contributed by atoms with Crippen LogP contribution in [0.25, 0.3) is 0 Å². The fourth-order valence-electron chi connectivity index (χ4n) is 1.83. The first-order valence-electron chi connectivity index (χ1n) is 5.15. The molecule has 2 N–H and O–H groups in total. The number of rotatable bonds is 3. The number of imidazole rings is 1. The summed E-state index contributed by atoms with van der Waals surface area (Å²) in [7, 11) is 1.99. The maximum absolute atomic E-state index is 5.85. The number of benzene rings is 1. The topological polar surface area (TPSA) is 43.8 Å². The minimum absolute atomic E-state index is 0.150. The van der Waals surface area contributed by atoms with Crippen LogP contribution in [0.1, 0.15) is 17.3 Å². The van der Waals surface area contributed by atoms with E-state index < -0.39 is 0 Å². The Hall–Kier alpha value is -1.13. The lowest BCUT2D eigenvalue weighted by Crippen LogP contribution is -2.17. The summed E-state index contributed by atoms with van der Waals surface area (Å²) in [5.74, 6) is 1.15. The normalized spacial score (nSPS) is 12.7. The van der Waals surface area contributed by atoms with E-state index in [0.717, 1.165) is 10.3 Å². The lowest BCUT2D eigenvalue weighted by Gasteiger charge is -2.15. The minimum Gasteiger partial charge on any atom is -0.337 e. The molecule has 0 amide bonds. The molecule has 0 aliphatic heterocycles. The summed E-state index contributed by atoms with van der Waals surface area (Å²) in [6, 6.07) is 8.20. The molecule has 0 spiro atoms. The highest BCUT2D eigenvalue weighted by atomic mass is 79.9. The quantitative estimate of drug-likeness (QED) is 0.937. The molecule has 16 heavy (non-hydrogen) atoms. The molecule has 4 heteroatoms. The van der Waals surface area contributed by atoms with Gasteiger partial charge in [-0.1, -0.05) is 28.1 Å². The van der Waals surface area contributed by atoms with E-state index >= 15 is 0 Å². The van der Waals surface area contributed by atoms with Gasteiger partial charge in [-0.3, -0.25) is 0 Å². The molecule has 2 rings (SSSR count). The summed E-state index contributed by atoms with van der Waals surface area (Å²) in [5.41, 5.74) is 7.03. The summed E-state index contributed by atoms with van der Waals surface area (Å²) in [5, 5.41) is 0. The highest BCUT2D eigenvalue weighted by molar-refractivity contribution is 9.10. The number of halogens is 1. The SMILES string of the molecule is Cn1ccnc1C(CN)c1cccc(Br)c1. The highest BCUT2D eigenvalue weighted by Crippen LogP contribution is 2.24. The molecule has 1 aromatic carbocycles. The van der Waals surface area contributed by atoms with Crippen LogP contribution in [0.5, 0.6) is 0 Å². The molecule has 1 unspecified atom stereocenters. The van der Waals surface area contributed by atoms with Gasteiger partial charge in [0.25, 0.3) is 0 Å². The smallest absolute Gasteiger partial charge is 0.117 e. The second-order valence-electron chi connectivity index (χ2n) is 3.74. The Balaban J connectivity index is 2.40. The lowest BCUT2D eigenvalue weighted by atomic mass is 9.98. The van der Waals surface area contributed by atoms with Crippen molar-refractivity contribution in [2.75, 3.05) is 6.54 Å². The van der Waals surface area contributed by atoms with E-state index in [1.807, 2.05) is 29.9 Å². The van der Waals surface area contributed by atoms with E-state index in [1.165, 1.54) is 5.56 Å². The van der Waals surface area contributed by atoms with Crippen LogP contribution in [-0.4, -0.2) is 16.1 Å². The summed E-state index contributed by atoms with van der Waals surface area (Å²) < 4.78 is 3.08. The van der Waals surface area contributed by atoms with Gasteiger partial charge in [-0.15, -0.1) is 0 Å². The monoisotopic (exact) mass is 279 g/mol. The van der Waals surface area contributed by atoms with E-state index in [9.17, 15) is 0 Å². The molecular weight excluding hydrogens is 266 g/mol. The van der Waals surface area contributed by atoms with E-state index in [2.05, 4.69) is 33.0 Å². The average molecular weight is 280 g/mol. The molecule has 0 aliphatic rings. The summed E-state index contributed by atoms with van der Waals surface area (Å²) >= 11 is 3.47. The average Bonchev–Trinajstić information content (AvgIpc) is 2.67. The van der Waals surface area contributed by atoms with Crippen LogP contribution in [0.4, 0.5) is 0 Å². The van der Waals surface area contributed by atoms with Crippen LogP contribution in [-0.2, 0) is 7.05 Å². The van der Waals surface area contributed by atoms with Gasteiger partial charge in [-0.2, -0.15) is 0 Å². The molecule has 1 heterocycles. The number of hydrogen-bond acceptors (Lipinski definition) is 2. The summed E-state index contributed by atoms with van der Waals surface area (Å²) in [6.45, 7) is 0.557. The van der Waals surface area contributed by atoms with Crippen LogP contribution in [0.2, 0.25) is 0 Å². The van der Waals surface area contributed by atoms with Crippen LogP contribution in [0.15, 0.2) is 41.1 Å². The van der Waals surface area contributed by atoms with Crippen molar-refractivity contribution >= 4 is 15.9 Å². The number of nitrogens with two attached hydrogens (primary N) is 1. The Morgan fingerprint density at radius 2 is 2.31 bits per heavy atom. The third-order valence-corrected chi connectivity index (χ3v) is 3.15. The third-order valence-electron chi connectivity index (χ3n) is 2.66. The second-order valence-corrected chi connectivity index (χ2v) is 4.66. The van der Waals surface area contributed by atoms with Gasteiger partial charge in [0.1, 0.15) is 5.82 Å². The number of hydrogen-bond donors (Lipinski definition) is 1. The van der Waals surface area contributed by atoms with Crippen molar-refractivity contribution in [3.05, 3.63) is 52.5 Å². The molecular formula is C12H14BrN3. The largest absolute Gasteiger partial charge is 0.337 e. The Bertz CT molecular complexity index is 479. The third kappa shape index (κ3) is 2.18. The van der Waals surface area contributed by atoms with Gasteiger partial charge in [-0.05, 0) is 17.7 Å². The Morgan fingerprint density at radius 3 is 2.88 bits per heavy atom. The molecule has 0 aliphatic carbocycles. The maximum Gasteiger partial charge on any atom is 0.117 e. The summed E-state index contributed by atoms with van der Waals surface area (Å²) in [6.07, 6.45) is 3.74. The van der Waals surface area contributed by atoms with Gasteiger partial charge in [-0.25, -0.2) is 4.98 Å². The van der Waals surface area contributed by atoms with E-state index in [1.54, 1.807) is 6.20 Å². The van der Waals surface area contributed by atoms with Gasteiger partial charge in [0.05, 0.1) is 5.92 Å². The van der Waals surface area contributed by atoms with Gasteiger partial charge in [0.15, 0.2) is 0 Å². The van der Waals surface area contributed by atoms with E-state index in [4.69, 9.17) is 5.73 Å². The van der Waals surface area contributed by atoms with Crippen molar-refractivity contribution in [3.63, 3.8) is 0 Å². The van der Waals surface area contributed by atoms with Crippen molar-refractivity contribution in [3.8, 4) is 0 Å². The van der Waals surface area contributed by atoms with Crippen molar-refractivity contribution < 1.29 is 0 Å². The zero-order valence-corrected chi connectivity index (χ0v) is 10.7. The van der Waals surface area contributed by atoms with E-state index in [0.29, 0.717) is 6.54 Å². The predicted molar refractivity (Wildman–Crippen MR) is 68.2 cm³/mol. The number of aromatic nitrogens is 2. The first kappa shape index (κ1) is 11.4. The zero-order valence-electron chi connectivity index (χ0n) is 9.10. The zero-order chi connectivity index (χ0) is 11.5. The lowest BCUT2D eigenvalue weighted by molar-refractivity contribution is 0.698. The molecule has 0 radical (unpaired) electrons. The van der Waals surface area contributed by atoms with Crippen LogP contribution >= 0.6 is 15.9 Å². The maximum atomic E-state index is 5.85. The van der Waals surface area contributed by atoms with Crippen molar-refractivity contribution in [2.45, 2.75) is 5.92 Å². The molecule has 2 aromatic rings. The number of nitrogens with zero attached hydrogens (tertiary/aromatic N) is 2. The van der Waals surface area contributed by atoms with Crippen LogP contribution < -0.4 is 5.73 Å². The molecule has 84 valence electrons. The van der Waals surface area contributed by atoms with E-state index in [-0.39, 0.29) is 5.92 Å². The van der Waals surface area contributed by atoms with Crippen molar-refractivity contribution in [1.82, 2.24) is 9.55 Å². The van der Waals surface area contributed by atoms with Gasteiger partial charge in [0.2, 0.25) is 0 Å². The summed E-state index contributed by atoms with van der Waals surface area (Å²) in [4.78, 5) is 4.36. The first-order chi connectivity index (χ1) is 7.72. The molecule has 0 bridgehead atoms. The molecule has 1 aromatic heterocycles. The predicted octanol–water partition coefficient (Wildman–Crippen LogP) is 2.27. The molecule has 3 nitrogen and oxygen atoms in total. The fourth-order valence-corrected chi connectivity index (χ4v) is 2.24. The Morgan fingerprint density at radius 1 is 1.50 bits per heavy atom. The van der Waals surface area contributed by atoms with Gasteiger partial charge in [0, 0.05) is 30.5 Å². The Labute approximate surface area is 103 Å². The van der Waals surface area contributed by atoms with Crippen LogP contribution in [0.3, 0.4) is 0 Å². The molecule has 0 fully saturated rings. The van der Waals surface area contributed by atoms with Crippen molar-refractivity contribution in [2.24, 2.45) is 12.8 Å². The van der Waals surface area contributed by atoms with Gasteiger partial charge >= 0.3 is 0 Å². The minimum atomic E-state index is 0.150. The van der Waals surface area contributed by atoms with Gasteiger partial charge < -0.3 is 10.3 Å². The highest BCUT2D eigenvalue weighted by Gasteiger charge is 2.16. The molecule has 0 saturated heterocycles. The standard InChI is InChI=1S/C12H14BrN3/c1-16-6-5-15-12(16)11(8-14)9-3-2-4-10(13)7-9/h2-7,11H,8,14H2,1H3.